The summed E-state index contributed by atoms with van der Waals surface area (Å²) in [5.74, 6) is -0.759. The van der Waals surface area contributed by atoms with E-state index in [4.69, 9.17) is 16.3 Å². The molecule has 0 saturated carbocycles. The third-order valence-electron chi connectivity index (χ3n) is 3.56. The summed E-state index contributed by atoms with van der Waals surface area (Å²) in [4.78, 5) is 0. The highest BCUT2D eigenvalue weighted by Gasteiger charge is 2.26. The zero-order valence-electron chi connectivity index (χ0n) is 11.4. The molecule has 1 atom stereocenters. The van der Waals surface area contributed by atoms with Gasteiger partial charge in [0.1, 0.15) is 23.5 Å². The van der Waals surface area contributed by atoms with Gasteiger partial charge < -0.3 is 10.1 Å². The van der Waals surface area contributed by atoms with Gasteiger partial charge in [-0.05, 0) is 18.7 Å². The van der Waals surface area contributed by atoms with Gasteiger partial charge in [-0.25, -0.2) is 8.78 Å². The fourth-order valence-electron chi connectivity index (χ4n) is 2.62. The number of nitrogens with one attached hydrogen (secondary N) is 1. The van der Waals surface area contributed by atoms with Crippen molar-refractivity contribution in [3.8, 4) is 16.9 Å². The molecule has 1 aliphatic rings. The summed E-state index contributed by atoms with van der Waals surface area (Å²) in [5.41, 5.74) is 1.88. The highest BCUT2D eigenvalue weighted by Crippen LogP contribution is 2.40. The van der Waals surface area contributed by atoms with Crippen LogP contribution in [0.4, 0.5) is 8.78 Å². The molecule has 0 aromatic heterocycles. The topological polar surface area (TPSA) is 21.3 Å². The van der Waals surface area contributed by atoms with Crippen molar-refractivity contribution in [1.29, 1.82) is 0 Å². The van der Waals surface area contributed by atoms with Crippen LogP contribution in [0.25, 0.3) is 11.1 Å². The summed E-state index contributed by atoms with van der Waals surface area (Å²) < 4.78 is 33.3. The molecule has 0 amide bonds. The fraction of sp³-hybridized carbons (Fsp3) is 0.250. The molecule has 2 nitrogen and oxygen atoms in total. The van der Waals surface area contributed by atoms with E-state index in [0.29, 0.717) is 17.9 Å². The van der Waals surface area contributed by atoms with Gasteiger partial charge in [0.25, 0.3) is 0 Å². The second kappa shape index (κ2) is 5.62. The van der Waals surface area contributed by atoms with Gasteiger partial charge in [-0.3, -0.25) is 0 Å². The first-order chi connectivity index (χ1) is 10.1. The van der Waals surface area contributed by atoms with Gasteiger partial charge in [-0.15, -0.1) is 0 Å². The third kappa shape index (κ3) is 2.61. The van der Waals surface area contributed by atoms with Crippen molar-refractivity contribution >= 4 is 11.6 Å². The smallest absolute Gasteiger partial charge is 0.144 e. The molecule has 0 aliphatic carbocycles. The molecule has 0 saturated heterocycles. The average molecular weight is 310 g/mol. The minimum absolute atomic E-state index is 0.0186. The number of rotatable bonds is 3. The summed E-state index contributed by atoms with van der Waals surface area (Å²) >= 11 is 5.77. The third-order valence-corrected chi connectivity index (χ3v) is 3.85. The SMILES string of the molecule is CNCC1Cc2cccc(-c3cc(Cl)c(F)cc3F)c2O1. The fourth-order valence-corrected chi connectivity index (χ4v) is 2.78. The van der Waals surface area contributed by atoms with Crippen LogP contribution in [0.2, 0.25) is 5.02 Å². The minimum Gasteiger partial charge on any atom is -0.488 e. The Balaban J connectivity index is 2.06. The van der Waals surface area contributed by atoms with Crippen molar-refractivity contribution in [3.05, 3.63) is 52.6 Å². The van der Waals surface area contributed by atoms with Crippen LogP contribution in [-0.4, -0.2) is 19.7 Å². The van der Waals surface area contributed by atoms with Crippen LogP contribution in [0, 0.1) is 11.6 Å². The van der Waals surface area contributed by atoms with Crippen LogP contribution >= 0.6 is 11.6 Å². The number of ether oxygens (including phenoxy) is 1. The van der Waals surface area contributed by atoms with Crippen molar-refractivity contribution in [2.75, 3.05) is 13.6 Å². The Labute approximate surface area is 126 Å². The molecule has 1 unspecified atom stereocenters. The molecule has 1 aliphatic heterocycles. The highest BCUT2D eigenvalue weighted by atomic mass is 35.5. The highest BCUT2D eigenvalue weighted by molar-refractivity contribution is 6.31. The van der Waals surface area contributed by atoms with E-state index in [1.165, 1.54) is 6.07 Å². The Morgan fingerprint density at radius 1 is 1.24 bits per heavy atom. The molecule has 2 aromatic rings. The molecule has 0 fully saturated rings. The van der Waals surface area contributed by atoms with Gasteiger partial charge in [0.05, 0.1) is 5.02 Å². The molecule has 5 heteroatoms. The van der Waals surface area contributed by atoms with Gasteiger partial charge in [0.15, 0.2) is 0 Å². The van der Waals surface area contributed by atoms with Crippen LogP contribution in [0.5, 0.6) is 5.75 Å². The lowest BCUT2D eigenvalue weighted by Gasteiger charge is -2.13. The number of hydrogen-bond acceptors (Lipinski definition) is 2. The van der Waals surface area contributed by atoms with Crippen LogP contribution in [-0.2, 0) is 6.42 Å². The van der Waals surface area contributed by atoms with Gasteiger partial charge in [-0.2, -0.15) is 0 Å². The largest absolute Gasteiger partial charge is 0.488 e. The Hall–Kier alpha value is -1.65. The van der Waals surface area contributed by atoms with Crippen LogP contribution < -0.4 is 10.1 Å². The standard InChI is InChI=1S/C16H14ClF2NO/c1-20-8-10-5-9-3-2-4-11(16(9)21-10)12-6-13(17)15(19)7-14(12)18/h2-4,6-7,10,20H,5,8H2,1H3. The van der Waals surface area contributed by atoms with E-state index in [1.54, 1.807) is 6.07 Å². The molecule has 1 N–H and O–H groups in total. The van der Waals surface area contributed by atoms with E-state index in [-0.39, 0.29) is 16.7 Å². The first-order valence-electron chi connectivity index (χ1n) is 6.68. The molecule has 0 spiro atoms. The lowest BCUT2D eigenvalue weighted by atomic mass is 10.00. The number of fused-ring (bicyclic) bond motifs is 1. The Morgan fingerprint density at radius 3 is 2.81 bits per heavy atom. The van der Waals surface area contributed by atoms with Gasteiger partial charge in [0, 0.05) is 30.2 Å². The number of halogens is 3. The first kappa shape index (κ1) is 14.3. The maximum absolute atomic E-state index is 14.1. The molecule has 2 aromatic carbocycles. The first-order valence-corrected chi connectivity index (χ1v) is 7.06. The summed E-state index contributed by atoms with van der Waals surface area (Å²) in [6, 6.07) is 7.66. The van der Waals surface area contributed by atoms with E-state index in [9.17, 15) is 8.78 Å². The van der Waals surface area contributed by atoms with Crippen molar-refractivity contribution in [1.82, 2.24) is 5.32 Å². The van der Waals surface area contributed by atoms with E-state index < -0.39 is 11.6 Å². The molecule has 1 heterocycles. The maximum Gasteiger partial charge on any atom is 0.144 e. The predicted molar refractivity (Wildman–Crippen MR) is 78.9 cm³/mol. The quantitative estimate of drug-likeness (QED) is 0.871. The summed E-state index contributed by atoms with van der Waals surface area (Å²) in [7, 11) is 1.85. The number of likely N-dealkylation sites (N-methyl/N-ethyl adjacent to an activating group) is 1. The van der Waals surface area contributed by atoms with Crippen LogP contribution in [0.1, 0.15) is 5.56 Å². The molecular formula is C16H14ClF2NO. The molecule has 0 bridgehead atoms. The van der Waals surface area contributed by atoms with Gasteiger partial charge >= 0.3 is 0 Å². The molecule has 110 valence electrons. The Kier molecular flexibility index (Phi) is 3.83. The number of benzene rings is 2. The Bertz CT molecular complexity index is 690. The van der Waals surface area contributed by atoms with Crippen molar-refractivity contribution in [3.63, 3.8) is 0 Å². The zero-order valence-corrected chi connectivity index (χ0v) is 12.2. The summed E-state index contributed by atoms with van der Waals surface area (Å²) in [5, 5.41) is 2.96. The minimum atomic E-state index is -0.764. The van der Waals surface area contributed by atoms with E-state index >= 15 is 0 Å². The molecular weight excluding hydrogens is 296 g/mol. The average Bonchev–Trinajstić information content (AvgIpc) is 2.86. The normalized spacial score (nSPS) is 16.7. The van der Waals surface area contributed by atoms with Gasteiger partial charge in [-0.1, -0.05) is 29.8 Å². The van der Waals surface area contributed by atoms with Crippen molar-refractivity contribution in [2.24, 2.45) is 0 Å². The van der Waals surface area contributed by atoms with E-state index in [1.807, 2.05) is 19.2 Å². The maximum atomic E-state index is 14.1. The molecule has 3 rings (SSSR count). The van der Waals surface area contributed by atoms with E-state index in [2.05, 4.69) is 5.32 Å². The Morgan fingerprint density at radius 2 is 2.05 bits per heavy atom. The molecule has 21 heavy (non-hydrogen) atoms. The lowest BCUT2D eigenvalue weighted by Crippen LogP contribution is -2.27. The number of hydrogen-bond donors (Lipinski definition) is 1. The van der Waals surface area contributed by atoms with Crippen LogP contribution in [0.3, 0.4) is 0 Å². The summed E-state index contributed by atoms with van der Waals surface area (Å²) in [6.07, 6.45) is 0.783. The number of para-hydroxylation sites is 1. The predicted octanol–water partition coefficient (Wildman–Crippen LogP) is 3.81. The van der Waals surface area contributed by atoms with Crippen molar-refractivity contribution in [2.45, 2.75) is 12.5 Å². The molecule has 0 radical (unpaired) electrons. The monoisotopic (exact) mass is 309 g/mol. The van der Waals surface area contributed by atoms with Crippen LogP contribution in [0.15, 0.2) is 30.3 Å². The van der Waals surface area contributed by atoms with Gasteiger partial charge in [0.2, 0.25) is 0 Å². The second-order valence-corrected chi connectivity index (χ2v) is 5.45. The second-order valence-electron chi connectivity index (χ2n) is 5.04. The summed E-state index contributed by atoms with van der Waals surface area (Å²) in [6.45, 7) is 0.709. The van der Waals surface area contributed by atoms with Crippen molar-refractivity contribution < 1.29 is 13.5 Å². The lowest BCUT2D eigenvalue weighted by molar-refractivity contribution is 0.232. The zero-order chi connectivity index (χ0) is 15.0. The van der Waals surface area contributed by atoms with E-state index in [0.717, 1.165) is 18.1 Å².